The summed E-state index contributed by atoms with van der Waals surface area (Å²) in [6.07, 6.45) is -5.04. The Morgan fingerprint density at radius 2 is 1.76 bits per heavy atom. The highest BCUT2D eigenvalue weighted by molar-refractivity contribution is 6.25. The number of aromatic nitrogens is 2. The van der Waals surface area contributed by atoms with Crippen molar-refractivity contribution in [2.45, 2.75) is 32.0 Å². The average molecular weight is 409 g/mol. The Balaban J connectivity index is 2.27. The minimum atomic E-state index is -5.12. The fourth-order valence-electron chi connectivity index (χ4n) is 3.28. The third kappa shape index (κ3) is 3.80. The zero-order valence-corrected chi connectivity index (χ0v) is 14.8. The van der Waals surface area contributed by atoms with Crippen LogP contribution in [-0.4, -0.2) is 32.8 Å². The topological polar surface area (TPSA) is 129 Å². The Kier molecular flexibility index (Phi) is 5.07. The van der Waals surface area contributed by atoms with Crippen LogP contribution in [0.4, 0.5) is 13.2 Å². The zero-order valence-electron chi connectivity index (χ0n) is 14.8. The lowest BCUT2D eigenvalue weighted by Gasteiger charge is -2.20. The smallest absolute Gasteiger partial charge is 0.368 e. The van der Waals surface area contributed by atoms with E-state index in [1.54, 1.807) is 0 Å². The molecule has 1 fully saturated rings. The summed E-state index contributed by atoms with van der Waals surface area (Å²) in [5.41, 5.74) is 1.14. The summed E-state index contributed by atoms with van der Waals surface area (Å²) in [6.45, 7) is -0.715. The van der Waals surface area contributed by atoms with E-state index in [4.69, 9.17) is 5.73 Å². The molecule has 1 amide bonds. The summed E-state index contributed by atoms with van der Waals surface area (Å²) in [6, 6.07) is 2.93. The highest BCUT2D eigenvalue weighted by Gasteiger charge is 2.43. The minimum absolute atomic E-state index is 0.0575. The molecule has 0 aromatic carbocycles. The first kappa shape index (κ1) is 20.4. The van der Waals surface area contributed by atoms with Gasteiger partial charge >= 0.3 is 6.18 Å². The first-order chi connectivity index (χ1) is 13.5. The largest absolute Gasteiger partial charge is 0.434 e. The SMILES string of the molecule is NC(=O)Cn1c(=O)ccc2cc(C(=O)C3C(=O)CCCC3=O)c(C(F)(F)F)nc21. The number of Topliss-reactive ketones (excluding diaryl/α,β-unsaturated/α-hetero) is 3. The lowest BCUT2D eigenvalue weighted by atomic mass is 9.81. The van der Waals surface area contributed by atoms with Crippen LogP contribution >= 0.6 is 0 Å². The molecular formula is C18H14F3N3O5. The number of nitrogens with two attached hydrogens (primary N) is 1. The van der Waals surface area contributed by atoms with Gasteiger partial charge in [-0.2, -0.15) is 13.2 Å². The first-order valence-electron chi connectivity index (χ1n) is 8.50. The van der Waals surface area contributed by atoms with Gasteiger partial charge in [-0.25, -0.2) is 4.98 Å². The quantitative estimate of drug-likeness (QED) is 0.593. The van der Waals surface area contributed by atoms with Crippen molar-refractivity contribution in [3.8, 4) is 0 Å². The second kappa shape index (κ2) is 7.22. The molecule has 2 N–H and O–H groups in total. The minimum Gasteiger partial charge on any atom is -0.368 e. The number of halogens is 3. The van der Waals surface area contributed by atoms with Crippen molar-refractivity contribution in [2.24, 2.45) is 11.7 Å². The van der Waals surface area contributed by atoms with Crippen LogP contribution in [-0.2, 0) is 27.1 Å². The maximum absolute atomic E-state index is 13.6. The van der Waals surface area contributed by atoms with Crippen molar-refractivity contribution < 1.29 is 32.3 Å². The fraction of sp³-hybridized carbons (Fsp3) is 0.333. The van der Waals surface area contributed by atoms with E-state index in [-0.39, 0.29) is 24.6 Å². The van der Waals surface area contributed by atoms with Gasteiger partial charge in [-0.3, -0.25) is 28.5 Å². The number of carbonyl (C=O) groups is 4. The predicted octanol–water partition coefficient (Wildman–Crippen LogP) is 1.02. The highest BCUT2D eigenvalue weighted by atomic mass is 19.4. The predicted molar refractivity (Wildman–Crippen MR) is 91.9 cm³/mol. The van der Waals surface area contributed by atoms with Gasteiger partial charge in [-0.15, -0.1) is 0 Å². The second-order valence-corrected chi connectivity index (χ2v) is 6.60. The van der Waals surface area contributed by atoms with E-state index in [1.807, 2.05) is 0 Å². The summed E-state index contributed by atoms with van der Waals surface area (Å²) < 4.78 is 41.5. The Bertz CT molecular complexity index is 1100. The maximum Gasteiger partial charge on any atom is 0.434 e. The average Bonchev–Trinajstić information content (AvgIpc) is 2.61. The third-order valence-electron chi connectivity index (χ3n) is 4.56. The molecule has 1 saturated carbocycles. The van der Waals surface area contributed by atoms with Gasteiger partial charge < -0.3 is 5.73 Å². The third-order valence-corrected chi connectivity index (χ3v) is 4.56. The highest BCUT2D eigenvalue weighted by Crippen LogP contribution is 2.34. The Morgan fingerprint density at radius 3 is 2.31 bits per heavy atom. The number of amides is 1. The molecule has 0 spiro atoms. The Morgan fingerprint density at radius 1 is 1.14 bits per heavy atom. The van der Waals surface area contributed by atoms with Gasteiger partial charge in [0, 0.05) is 24.3 Å². The number of hydrogen-bond acceptors (Lipinski definition) is 6. The van der Waals surface area contributed by atoms with Gasteiger partial charge in [0.2, 0.25) is 5.91 Å². The van der Waals surface area contributed by atoms with Crippen LogP contribution in [0.1, 0.15) is 35.3 Å². The van der Waals surface area contributed by atoms with Crippen LogP contribution in [0.2, 0.25) is 0 Å². The van der Waals surface area contributed by atoms with Gasteiger partial charge in [-0.05, 0) is 18.6 Å². The maximum atomic E-state index is 13.6. The number of hydrogen-bond donors (Lipinski definition) is 1. The normalized spacial score (nSPS) is 15.7. The summed E-state index contributed by atoms with van der Waals surface area (Å²) >= 11 is 0. The molecule has 0 atom stereocenters. The van der Waals surface area contributed by atoms with E-state index >= 15 is 0 Å². The Hall–Kier alpha value is -3.37. The lowest BCUT2D eigenvalue weighted by molar-refractivity contribution is -0.142. The van der Waals surface area contributed by atoms with Crippen molar-refractivity contribution >= 4 is 34.3 Å². The molecule has 152 valence electrons. The van der Waals surface area contributed by atoms with E-state index in [0.29, 0.717) is 4.57 Å². The van der Waals surface area contributed by atoms with Crippen molar-refractivity contribution in [3.05, 3.63) is 39.8 Å². The second-order valence-electron chi connectivity index (χ2n) is 6.60. The summed E-state index contributed by atoms with van der Waals surface area (Å²) in [7, 11) is 0. The number of carbonyl (C=O) groups excluding carboxylic acids is 4. The molecule has 0 aliphatic heterocycles. The first-order valence-corrected chi connectivity index (χ1v) is 8.50. The number of pyridine rings is 2. The molecule has 0 bridgehead atoms. The number of ketones is 3. The van der Waals surface area contributed by atoms with Crippen molar-refractivity contribution in [1.82, 2.24) is 9.55 Å². The van der Waals surface area contributed by atoms with Crippen molar-refractivity contribution in [3.63, 3.8) is 0 Å². The van der Waals surface area contributed by atoms with Gasteiger partial charge in [0.25, 0.3) is 5.56 Å². The monoisotopic (exact) mass is 409 g/mol. The molecule has 3 rings (SSSR count). The number of nitrogens with zero attached hydrogens (tertiary/aromatic N) is 2. The number of alkyl halides is 3. The summed E-state index contributed by atoms with van der Waals surface area (Å²) in [5, 5.41) is -0.0575. The molecule has 0 radical (unpaired) electrons. The number of fused-ring (bicyclic) bond motifs is 1. The van der Waals surface area contributed by atoms with Crippen LogP contribution < -0.4 is 11.3 Å². The molecule has 2 aromatic heterocycles. The van der Waals surface area contributed by atoms with Gasteiger partial charge in [-0.1, -0.05) is 0 Å². The molecular weight excluding hydrogens is 395 g/mol. The van der Waals surface area contributed by atoms with Crippen molar-refractivity contribution in [1.29, 1.82) is 0 Å². The molecule has 11 heteroatoms. The molecule has 1 aliphatic carbocycles. The molecule has 0 saturated heterocycles. The van der Waals surface area contributed by atoms with Crippen LogP contribution in [0.25, 0.3) is 11.0 Å². The van der Waals surface area contributed by atoms with Crippen LogP contribution in [0.3, 0.4) is 0 Å². The summed E-state index contributed by atoms with van der Waals surface area (Å²) in [4.78, 5) is 63.3. The van der Waals surface area contributed by atoms with Gasteiger partial charge in [0.1, 0.15) is 18.1 Å². The summed E-state index contributed by atoms with van der Waals surface area (Å²) in [5.74, 6) is -5.54. The van der Waals surface area contributed by atoms with Crippen LogP contribution in [0.5, 0.6) is 0 Å². The van der Waals surface area contributed by atoms with E-state index in [0.717, 1.165) is 18.2 Å². The zero-order chi connectivity index (χ0) is 21.5. The van der Waals surface area contributed by atoms with Crippen LogP contribution in [0.15, 0.2) is 23.0 Å². The molecule has 1 aliphatic rings. The van der Waals surface area contributed by atoms with E-state index in [9.17, 15) is 37.1 Å². The molecule has 2 aromatic rings. The molecule has 0 unspecified atom stereocenters. The number of rotatable bonds is 4. The molecule has 2 heterocycles. The molecule has 8 nitrogen and oxygen atoms in total. The van der Waals surface area contributed by atoms with Crippen LogP contribution in [0, 0.1) is 5.92 Å². The Labute approximate surface area is 160 Å². The van der Waals surface area contributed by atoms with Gasteiger partial charge in [0.05, 0.1) is 5.56 Å². The number of primary amides is 1. The van der Waals surface area contributed by atoms with Gasteiger partial charge in [0.15, 0.2) is 23.0 Å². The van der Waals surface area contributed by atoms with E-state index in [1.165, 1.54) is 0 Å². The standard InChI is InChI=1S/C18H14F3N3O5/c19-18(20,21)16-9(15(29)14-10(25)2-1-3-11(14)26)6-8-4-5-13(28)24(7-12(22)27)17(8)23-16/h4-6,14H,1-3,7H2,(H2,22,27). The van der Waals surface area contributed by atoms with Crippen molar-refractivity contribution in [2.75, 3.05) is 0 Å². The lowest BCUT2D eigenvalue weighted by Crippen LogP contribution is -2.36. The molecule has 29 heavy (non-hydrogen) atoms. The van der Waals surface area contributed by atoms with E-state index in [2.05, 4.69) is 4.98 Å². The fourth-order valence-corrected chi connectivity index (χ4v) is 3.28. The van der Waals surface area contributed by atoms with E-state index < -0.39 is 64.4 Å².